The van der Waals surface area contributed by atoms with Crippen LogP contribution in [0.15, 0.2) is 48.5 Å². The lowest BCUT2D eigenvalue weighted by atomic mass is 10.0. The summed E-state index contributed by atoms with van der Waals surface area (Å²) >= 11 is 0. The molecule has 104 valence electrons. The molecule has 3 rings (SSSR count). The van der Waals surface area contributed by atoms with Crippen LogP contribution in [0.2, 0.25) is 0 Å². The van der Waals surface area contributed by atoms with Crippen molar-refractivity contribution in [3.8, 4) is 16.9 Å². The molecule has 4 nitrogen and oxygen atoms in total. The van der Waals surface area contributed by atoms with Crippen LogP contribution in [0, 0.1) is 13.8 Å². The smallest absolute Gasteiger partial charge is 0.172 e. The topological polar surface area (TPSA) is 47.8 Å². The van der Waals surface area contributed by atoms with Gasteiger partial charge < -0.3 is 0 Å². The average Bonchev–Trinajstić information content (AvgIpc) is 2.95. The normalized spacial score (nSPS) is 10.6. The number of benzene rings is 2. The standard InChI is InChI=1S/C17H15N3O/c1-12-8-9-14(10-13(12)2)17-16(11-21)18-19-20(17)15-6-4-3-5-7-15/h3-11H,1-2H3. The SMILES string of the molecule is Cc1ccc(-c2c(C=O)nnn2-c2ccccc2)cc1C. The molecular formula is C17H15N3O. The van der Waals surface area contributed by atoms with Gasteiger partial charge >= 0.3 is 0 Å². The van der Waals surface area contributed by atoms with Gasteiger partial charge in [0.1, 0.15) is 5.69 Å². The second kappa shape index (κ2) is 5.32. The van der Waals surface area contributed by atoms with Crippen molar-refractivity contribution in [3.05, 3.63) is 65.4 Å². The minimum Gasteiger partial charge on any atom is -0.296 e. The lowest BCUT2D eigenvalue weighted by Crippen LogP contribution is -2.00. The molecule has 1 heterocycles. The maximum atomic E-state index is 11.3. The molecule has 0 saturated carbocycles. The number of hydrogen-bond donors (Lipinski definition) is 0. The van der Waals surface area contributed by atoms with Crippen LogP contribution >= 0.6 is 0 Å². The lowest BCUT2D eigenvalue weighted by molar-refractivity contribution is 0.111. The van der Waals surface area contributed by atoms with E-state index in [2.05, 4.69) is 30.2 Å². The van der Waals surface area contributed by atoms with E-state index in [9.17, 15) is 4.79 Å². The van der Waals surface area contributed by atoms with E-state index in [0.29, 0.717) is 5.69 Å². The Morgan fingerprint density at radius 1 is 1.00 bits per heavy atom. The van der Waals surface area contributed by atoms with Gasteiger partial charge in [-0.1, -0.05) is 35.5 Å². The molecule has 0 spiro atoms. The highest BCUT2D eigenvalue weighted by molar-refractivity contribution is 5.84. The zero-order valence-electron chi connectivity index (χ0n) is 11.9. The Labute approximate surface area is 123 Å². The van der Waals surface area contributed by atoms with E-state index in [1.54, 1.807) is 4.68 Å². The Balaban J connectivity index is 2.23. The van der Waals surface area contributed by atoms with Crippen molar-refractivity contribution < 1.29 is 4.79 Å². The van der Waals surface area contributed by atoms with Gasteiger partial charge in [0.15, 0.2) is 12.0 Å². The predicted octanol–water partition coefficient (Wildman–Crippen LogP) is 3.36. The van der Waals surface area contributed by atoms with Gasteiger partial charge in [-0.15, -0.1) is 5.10 Å². The number of nitrogens with zero attached hydrogens (tertiary/aromatic N) is 3. The number of rotatable bonds is 3. The van der Waals surface area contributed by atoms with Gasteiger partial charge in [0.25, 0.3) is 0 Å². The average molecular weight is 277 g/mol. The minimum absolute atomic E-state index is 0.349. The summed E-state index contributed by atoms with van der Waals surface area (Å²) < 4.78 is 1.70. The summed E-state index contributed by atoms with van der Waals surface area (Å²) in [4.78, 5) is 11.3. The highest BCUT2D eigenvalue weighted by atomic mass is 16.1. The molecule has 0 unspecified atom stereocenters. The summed E-state index contributed by atoms with van der Waals surface area (Å²) in [6.45, 7) is 4.11. The van der Waals surface area contributed by atoms with E-state index in [1.807, 2.05) is 42.5 Å². The highest BCUT2D eigenvalue weighted by Gasteiger charge is 2.16. The predicted molar refractivity (Wildman–Crippen MR) is 81.7 cm³/mol. The van der Waals surface area contributed by atoms with Crippen LogP contribution < -0.4 is 0 Å². The third-order valence-electron chi connectivity index (χ3n) is 3.59. The number of hydrogen-bond acceptors (Lipinski definition) is 3. The fourth-order valence-electron chi connectivity index (χ4n) is 2.28. The third-order valence-corrected chi connectivity index (χ3v) is 3.59. The molecule has 0 bridgehead atoms. The molecule has 0 amide bonds. The van der Waals surface area contributed by atoms with Crippen molar-refractivity contribution in [3.63, 3.8) is 0 Å². The molecule has 0 aliphatic rings. The summed E-state index contributed by atoms with van der Waals surface area (Å²) in [7, 11) is 0. The largest absolute Gasteiger partial charge is 0.296 e. The summed E-state index contributed by atoms with van der Waals surface area (Å²) in [5.41, 5.74) is 5.28. The quantitative estimate of drug-likeness (QED) is 0.690. The van der Waals surface area contributed by atoms with Crippen molar-refractivity contribution in [2.24, 2.45) is 0 Å². The second-order valence-electron chi connectivity index (χ2n) is 4.99. The molecule has 1 aromatic heterocycles. The molecule has 0 N–H and O–H groups in total. The van der Waals surface area contributed by atoms with Gasteiger partial charge in [-0.25, -0.2) is 4.68 Å². The van der Waals surface area contributed by atoms with Crippen LogP contribution in [-0.2, 0) is 0 Å². The monoisotopic (exact) mass is 277 g/mol. The Hall–Kier alpha value is -2.75. The number of carbonyl (C=O) groups is 1. The molecular weight excluding hydrogens is 262 g/mol. The van der Waals surface area contributed by atoms with Gasteiger partial charge in [0, 0.05) is 5.56 Å². The molecule has 4 heteroatoms. The Kier molecular flexibility index (Phi) is 3.36. The zero-order chi connectivity index (χ0) is 14.8. The molecule has 3 aromatic rings. The van der Waals surface area contributed by atoms with Crippen molar-refractivity contribution in [2.75, 3.05) is 0 Å². The Morgan fingerprint density at radius 3 is 2.43 bits per heavy atom. The van der Waals surface area contributed by atoms with Crippen LogP contribution in [0.3, 0.4) is 0 Å². The van der Waals surface area contributed by atoms with Gasteiger partial charge in [0.2, 0.25) is 0 Å². The van der Waals surface area contributed by atoms with E-state index in [-0.39, 0.29) is 0 Å². The number of aldehydes is 1. The molecule has 0 fully saturated rings. The first-order valence-electron chi connectivity index (χ1n) is 6.74. The summed E-state index contributed by atoms with van der Waals surface area (Å²) in [5.74, 6) is 0. The molecule has 0 aliphatic carbocycles. The van der Waals surface area contributed by atoms with Crippen LogP contribution in [0.1, 0.15) is 21.6 Å². The van der Waals surface area contributed by atoms with E-state index in [0.717, 1.165) is 23.2 Å². The van der Waals surface area contributed by atoms with Crippen molar-refractivity contribution in [1.29, 1.82) is 0 Å². The van der Waals surface area contributed by atoms with E-state index >= 15 is 0 Å². The molecule has 21 heavy (non-hydrogen) atoms. The zero-order valence-corrected chi connectivity index (χ0v) is 11.9. The molecule has 2 aromatic carbocycles. The van der Waals surface area contributed by atoms with Gasteiger partial charge in [-0.3, -0.25) is 4.79 Å². The molecule has 0 atom stereocenters. The number of carbonyl (C=O) groups excluding carboxylic acids is 1. The Morgan fingerprint density at radius 2 is 1.76 bits per heavy atom. The maximum absolute atomic E-state index is 11.3. The summed E-state index contributed by atoms with van der Waals surface area (Å²) in [5, 5.41) is 8.11. The van der Waals surface area contributed by atoms with Crippen LogP contribution in [0.5, 0.6) is 0 Å². The van der Waals surface area contributed by atoms with Crippen LogP contribution in [-0.4, -0.2) is 21.3 Å². The van der Waals surface area contributed by atoms with E-state index < -0.39 is 0 Å². The number of para-hydroxylation sites is 1. The molecule has 0 radical (unpaired) electrons. The third kappa shape index (κ3) is 2.36. The Bertz CT molecular complexity index is 791. The summed E-state index contributed by atoms with van der Waals surface area (Å²) in [6, 6.07) is 15.8. The van der Waals surface area contributed by atoms with Crippen molar-refractivity contribution in [1.82, 2.24) is 15.0 Å². The molecule has 0 saturated heterocycles. The van der Waals surface area contributed by atoms with E-state index in [4.69, 9.17) is 0 Å². The van der Waals surface area contributed by atoms with Crippen LogP contribution in [0.25, 0.3) is 16.9 Å². The van der Waals surface area contributed by atoms with E-state index in [1.165, 1.54) is 11.1 Å². The first-order valence-corrected chi connectivity index (χ1v) is 6.74. The second-order valence-corrected chi connectivity index (χ2v) is 4.99. The fourth-order valence-corrected chi connectivity index (χ4v) is 2.28. The van der Waals surface area contributed by atoms with Crippen molar-refractivity contribution >= 4 is 6.29 Å². The minimum atomic E-state index is 0.349. The van der Waals surface area contributed by atoms with Crippen LogP contribution in [0.4, 0.5) is 0 Å². The van der Waals surface area contributed by atoms with Gasteiger partial charge in [-0.2, -0.15) is 0 Å². The number of aryl methyl sites for hydroxylation is 2. The highest BCUT2D eigenvalue weighted by Crippen LogP contribution is 2.26. The van der Waals surface area contributed by atoms with Gasteiger partial charge in [-0.05, 0) is 43.2 Å². The first kappa shape index (κ1) is 13.2. The number of aromatic nitrogens is 3. The van der Waals surface area contributed by atoms with Gasteiger partial charge in [0.05, 0.1) is 5.69 Å². The summed E-state index contributed by atoms with van der Waals surface area (Å²) in [6.07, 6.45) is 0.747. The maximum Gasteiger partial charge on any atom is 0.172 e. The molecule has 0 aliphatic heterocycles. The van der Waals surface area contributed by atoms with Crippen molar-refractivity contribution in [2.45, 2.75) is 13.8 Å². The first-order chi connectivity index (χ1) is 10.2. The lowest BCUT2D eigenvalue weighted by Gasteiger charge is -2.09. The fraction of sp³-hybridized carbons (Fsp3) is 0.118.